The zero-order valence-electron chi connectivity index (χ0n) is 24.6. The molecule has 0 saturated heterocycles. The van der Waals surface area contributed by atoms with Gasteiger partial charge < -0.3 is 21.8 Å². The summed E-state index contributed by atoms with van der Waals surface area (Å²) >= 11 is 0. The highest BCUT2D eigenvalue weighted by Crippen LogP contribution is 2.27. The van der Waals surface area contributed by atoms with E-state index in [0.29, 0.717) is 33.3 Å². The number of hydrogen-bond acceptors (Lipinski definition) is 7. The second-order valence-corrected chi connectivity index (χ2v) is 28.7. The molecule has 0 aliphatic heterocycles. The second-order valence-electron chi connectivity index (χ2n) is 11.3. The lowest BCUT2D eigenvalue weighted by Crippen LogP contribution is -2.56. The minimum absolute atomic E-state index is 0.314. The summed E-state index contributed by atoms with van der Waals surface area (Å²) in [6, 6.07) is 6.98. The summed E-state index contributed by atoms with van der Waals surface area (Å²) in [6.07, 6.45) is 1.57. The van der Waals surface area contributed by atoms with Crippen LogP contribution in [-0.2, 0) is 31.4 Å². The maximum Gasteiger partial charge on any atom is 0.333 e. The lowest BCUT2D eigenvalue weighted by molar-refractivity contribution is -0.139. The van der Waals surface area contributed by atoms with Crippen LogP contribution in [0.4, 0.5) is 0 Å². The molecule has 0 spiro atoms. The molecule has 0 aromatic rings. The van der Waals surface area contributed by atoms with Gasteiger partial charge in [-0.3, -0.25) is 0 Å². The number of carbonyl (C=O) groups excluding carboxylic acids is 2. The van der Waals surface area contributed by atoms with Gasteiger partial charge in [-0.2, -0.15) is 6.00 Å². The Morgan fingerprint density at radius 3 is 1.50 bits per heavy atom. The van der Waals surface area contributed by atoms with E-state index in [1.807, 2.05) is 0 Å². The van der Waals surface area contributed by atoms with Gasteiger partial charge in [0, 0.05) is 11.1 Å². The summed E-state index contributed by atoms with van der Waals surface area (Å²) in [7, 11) is -7.68. The van der Waals surface area contributed by atoms with Gasteiger partial charge in [0.15, 0.2) is 16.6 Å². The first-order valence-corrected chi connectivity index (χ1v) is 25.8. The molecular formula is C24H50O7Si5. The SMILES string of the molecule is C#[Si]CCCOC(=O)C(=C)C.C=C(C)C(=O)OCCC[Si](C)(O[Si](C)(C)C)O[Si](C)(C)O[Si](C)(C)C. The molecular weight excluding hydrogens is 541 g/mol. The molecule has 12 heteroatoms. The first-order chi connectivity index (χ1) is 16.1. The smallest absolute Gasteiger partial charge is 0.333 e. The molecule has 0 amide bonds. The van der Waals surface area contributed by atoms with Crippen molar-refractivity contribution in [1.29, 1.82) is 0 Å². The molecule has 0 radical (unpaired) electrons. The molecule has 1 atom stereocenters. The van der Waals surface area contributed by atoms with Crippen molar-refractivity contribution >= 4 is 54.7 Å². The van der Waals surface area contributed by atoms with Crippen LogP contribution < -0.4 is 0 Å². The van der Waals surface area contributed by atoms with Crippen molar-refractivity contribution in [3.63, 3.8) is 0 Å². The van der Waals surface area contributed by atoms with E-state index in [1.54, 1.807) is 13.8 Å². The summed E-state index contributed by atoms with van der Waals surface area (Å²) in [5.74, 6) is -0.655. The standard InChI is InChI=1S/C16H38O5Si4.C8H12O2Si/c1-15(2)16(17)18-13-12-14-25(11,20-23(6,7)8)21-24(9,10)19-22(3,4)5;1-7(2)8(9)10-5-4-6-11-3/h1,12-14H2,2-11H3;3H,1,4-6H2,2H3. The van der Waals surface area contributed by atoms with Gasteiger partial charge in [0.2, 0.25) is 0 Å². The molecule has 0 fully saturated rings. The molecule has 0 aliphatic rings. The number of hydrogen-bond donors (Lipinski definition) is 0. The lowest BCUT2D eigenvalue weighted by Gasteiger charge is -2.41. The van der Waals surface area contributed by atoms with Gasteiger partial charge in [-0.05, 0) is 107 Å². The van der Waals surface area contributed by atoms with Gasteiger partial charge in [-0.15, -0.1) is 0 Å². The van der Waals surface area contributed by atoms with Crippen molar-refractivity contribution < 1.29 is 31.4 Å². The Bertz CT molecular complexity index is 779. The summed E-state index contributed by atoms with van der Waals surface area (Å²) in [4.78, 5) is 22.3. The fraction of sp³-hybridized carbons (Fsp3) is 0.708. The second kappa shape index (κ2) is 16.9. The number of ether oxygens (including phenoxy) is 2. The van der Waals surface area contributed by atoms with Crippen LogP contribution >= 0.6 is 0 Å². The minimum atomic E-state index is -2.41. The first-order valence-electron chi connectivity index (χ1n) is 12.3. The van der Waals surface area contributed by atoms with Gasteiger partial charge in [0.25, 0.3) is 0 Å². The highest BCUT2D eigenvalue weighted by Gasteiger charge is 2.44. The van der Waals surface area contributed by atoms with Gasteiger partial charge in [-0.25, -0.2) is 9.59 Å². The molecule has 7 nitrogen and oxygen atoms in total. The molecule has 0 aromatic carbocycles. The fourth-order valence-corrected chi connectivity index (χ4v) is 21.5. The van der Waals surface area contributed by atoms with Gasteiger partial charge >= 0.3 is 29.1 Å². The predicted molar refractivity (Wildman–Crippen MR) is 160 cm³/mol. The third-order valence-electron chi connectivity index (χ3n) is 3.94. The maximum atomic E-state index is 11.5. The van der Waals surface area contributed by atoms with Gasteiger partial charge in [0.1, 0.15) is 0 Å². The average molecular weight is 591 g/mol. The summed E-state index contributed by atoms with van der Waals surface area (Å²) in [6.45, 7) is 30.6. The summed E-state index contributed by atoms with van der Waals surface area (Å²) in [5.41, 5.74) is 0.867. The number of esters is 2. The zero-order valence-corrected chi connectivity index (χ0v) is 29.6. The minimum Gasteiger partial charge on any atom is -0.462 e. The van der Waals surface area contributed by atoms with Crippen molar-refractivity contribution in [2.45, 2.75) is 97.7 Å². The molecule has 0 aliphatic carbocycles. The van der Waals surface area contributed by atoms with Crippen molar-refractivity contribution in [3.8, 4) is 6.00 Å². The maximum absolute atomic E-state index is 11.5. The van der Waals surface area contributed by atoms with Crippen LogP contribution in [0.25, 0.3) is 0 Å². The Morgan fingerprint density at radius 1 is 0.722 bits per heavy atom. The third kappa shape index (κ3) is 22.4. The molecule has 0 saturated carbocycles. The average Bonchev–Trinajstić information content (AvgIpc) is 2.64. The topological polar surface area (TPSA) is 80.3 Å². The van der Waals surface area contributed by atoms with Crippen LogP contribution in [0.1, 0.15) is 26.7 Å². The van der Waals surface area contributed by atoms with E-state index in [1.165, 1.54) is 0 Å². The van der Waals surface area contributed by atoms with Crippen LogP contribution in [0.15, 0.2) is 24.3 Å². The fourth-order valence-electron chi connectivity index (χ4n) is 3.19. The van der Waals surface area contributed by atoms with Crippen LogP contribution in [0.2, 0.25) is 71.0 Å². The van der Waals surface area contributed by atoms with Crippen molar-refractivity contribution in [3.05, 3.63) is 24.3 Å². The lowest BCUT2D eigenvalue weighted by atomic mass is 10.4. The highest BCUT2D eigenvalue weighted by molar-refractivity contribution is 6.89. The van der Waals surface area contributed by atoms with Gasteiger partial charge in [0.05, 0.1) is 13.2 Å². The van der Waals surface area contributed by atoms with E-state index in [4.69, 9.17) is 27.8 Å². The normalized spacial score (nSPS) is 13.4. The van der Waals surface area contributed by atoms with Gasteiger partial charge in [-0.1, -0.05) is 13.2 Å². The summed E-state index contributed by atoms with van der Waals surface area (Å²) in [5, 5.41) is 0. The van der Waals surface area contributed by atoms with Crippen molar-refractivity contribution in [1.82, 2.24) is 0 Å². The molecule has 0 N–H and O–H groups in total. The number of rotatable bonds is 15. The monoisotopic (exact) mass is 590 g/mol. The molecule has 208 valence electrons. The predicted octanol–water partition coefficient (Wildman–Crippen LogP) is 6.20. The molecule has 0 rings (SSSR count). The molecule has 0 aromatic heterocycles. The van der Waals surface area contributed by atoms with Crippen LogP contribution in [0.3, 0.4) is 0 Å². The largest absolute Gasteiger partial charge is 0.462 e. The molecule has 0 heterocycles. The Morgan fingerprint density at radius 2 is 1.14 bits per heavy atom. The molecule has 36 heavy (non-hydrogen) atoms. The van der Waals surface area contributed by atoms with Crippen molar-refractivity contribution in [2.24, 2.45) is 0 Å². The van der Waals surface area contributed by atoms with Crippen LogP contribution in [-0.4, -0.2) is 67.9 Å². The Hall–Kier alpha value is -0.836. The van der Waals surface area contributed by atoms with E-state index in [-0.39, 0.29) is 11.9 Å². The quantitative estimate of drug-likeness (QED) is 0.0973. The third-order valence-corrected chi connectivity index (χ3v) is 18.1. The van der Waals surface area contributed by atoms with Crippen molar-refractivity contribution in [2.75, 3.05) is 13.2 Å². The number of carbonyl (C=O) groups is 2. The molecule has 1 unspecified atom stereocenters. The zero-order chi connectivity index (χ0) is 28.8. The molecule has 0 bridgehead atoms. The Balaban J connectivity index is 0. The van der Waals surface area contributed by atoms with E-state index in [0.717, 1.165) is 24.9 Å². The van der Waals surface area contributed by atoms with E-state index in [9.17, 15) is 9.59 Å². The van der Waals surface area contributed by atoms with E-state index < -0.39 is 33.8 Å². The highest BCUT2D eigenvalue weighted by atomic mass is 28.5. The summed E-state index contributed by atoms with van der Waals surface area (Å²) < 4.78 is 29.4. The Labute approximate surface area is 226 Å². The Kier molecular flexibility index (Phi) is 17.5. The first kappa shape index (κ1) is 37.3. The van der Waals surface area contributed by atoms with Crippen LogP contribution in [0, 0.1) is 6.00 Å². The van der Waals surface area contributed by atoms with E-state index >= 15 is 0 Å². The van der Waals surface area contributed by atoms with E-state index in [2.05, 4.69) is 72.1 Å². The van der Waals surface area contributed by atoms with Crippen LogP contribution in [0.5, 0.6) is 0 Å².